The lowest BCUT2D eigenvalue weighted by atomic mass is 10.1. The van der Waals surface area contributed by atoms with Gasteiger partial charge >= 0.3 is 0 Å². The third-order valence-electron chi connectivity index (χ3n) is 2.33. The molecule has 0 bridgehead atoms. The fourth-order valence-corrected chi connectivity index (χ4v) is 1.77. The van der Waals surface area contributed by atoms with Crippen LogP contribution in [0.15, 0.2) is 16.5 Å². The van der Waals surface area contributed by atoms with Crippen LogP contribution in [0.4, 0.5) is 0 Å². The lowest BCUT2D eigenvalue weighted by molar-refractivity contribution is 0.357. The molecule has 0 unspecified atom stereocenters. The number of ether oxygens (including phenoxy) is 1. The number of hydrogen-bond acceptors (Lipinski definition) is 3. The van der Waals surface area contributed by atoms with Gasteiger partial charge in [-0.3, -0.25) is 0 Å². The summed E-state index contributed by atoms with van der Waals surface area (Å²) in [5, 5.41) is 0. The Hall–Kier alpha value is -1.51. The third-order valence-corrected chi connectivity index (χ3v) is 2.33. The Balaban J connectivity index is 2.42. The molecule has 1 aromatic carbocycles. The van der Waals surface area contributed by atoms with Gasteiger partial charge in [-0.05, 0) is 12.1 Å². The zero-order chi connectivity index (χ0) is 8.84. The standard InChI is InChI=1S/C10H9NO2/c1-6-11-8-2-3-9-7(4-5-12-9)10(8)13-6/h2-3H,4-5H2,1H3. The average Bonchev–Trinajstić information content (AvgIpc) is 2.65. The van der Waals surface area contributed by atoms with Crippen LogP contribution in [0.5, 0.6) is 5.75 Å². The molecule has 0 aliphatic carbocycles. The van der Waals surface area contributed by atoms with Gasteiger partial charge in [-0.25, -0.2) is 4.98 Å². The molecule has 0 radical (unpaired) electrons. The van der Waals surface area contributed by atoms with Gasteiger partial charge in [0.1, 0.15) is 11.3 Å². The molecule has 3 heteroatoms. The molecular formula is C10H9NO2. The molecule has 0 N–H and O–H groups in total. The van der Waals surface area contributed by atoms with E-state index >= 15 is 0 Å². The second kappa shape index (κ2) is 2.25. The molecule has 1 aliphatic heterocycles. The highest BCUT2D eigenvalue weighted by molar-refractivity contribution is 5.79. The van der Waals surface area contributed by atoms with Crippen molar-refractivity contribution in [2.24, 2.45) is 0 Å². The summed E-state index contributed by atoms with van der Waals surface area (Å²) >= 11 is 0. The highest BCUT2D eigenvalue weighted by Crippen LogP contribution is 2.32. The maximum atomic E-state index is 5.52. The Morgan fingerprint density at radius 2 is 2.31 bits per heavy atom. The van der Waals surface area contributed by atoms with Crippen LogP contribution in [0.1, 0.15) is 11.5 Å². The molecule has 3 nitrogen and oxygen atoms in total. The van der Waals surface area contributed by atoms with Crippen LogP contribution in [0.3, 0.4) is 0 Å². The maximum Gasteiger partial charge on any atom is 0.192 e. The number of hydrogen-bond donors (Lipinski definition) is 0. The van der Waals surface area contributed by atoms with Crippen LogP contribution in [0, 0.1) is 6.92 Å². The first-order valence-electron chi connectivity index (χ1n) is 4.36. The summed E-state index contributed by atoms with van der Waals surface area (Å²) in [4.78, 5) is 4.27. The van der Waals surface area contributed by atoms with Crippen LogP contribution >= 0.6 is 0 Å². The summed E-state index contributed by atoms with van der Waals surface area (Å²) in [5.74, 6) is 1.67. The van der Waals surface area contributed by atoms with Gasteiger partial charge in [0, 0.05) is 18.9 Å². The monoisotopic (exact) mass is 175 g/mol. The summed E-state index contributed by atoms with van der Waals surface area (Å²) in [6, 6.07) is 3.91. The van der Waals surface area contributed by atoms with Gasteiger partial charge in [0.05, 0.1) is 6.61 Å². The van der Waals surface area contributed by atoms with E-state index in [1.165, 1.54) is 0 Å². The number of aryl methyl sites for hydroxylation is 1. The van der Waals surface area contributed by atoms with E-state index < -0.39 is 0 Å². The molecule has 0 amide bonds. The zero-order valence-electron chi connectivity index (χ0n) is 7.33. The molecule has 2 heterocycles. The lowest BCUT2D eigenvalue weighted by Gasteiger charge is -1.96. The maximum absolute atomic E-state index is 5.52. The minimum atomic E-state index is 0.718. The van der Waals surface area contributed by atoms with Crippen molar-refractivity contribution in [1.29, 1.82) is 0 Å². The first-order valence-corrected chi connectivity index (χ1v) is 4.36. The average molecular weight is 175 g/mol. The molecule has 0 saturated heterocycles. The number of rotatable bonds is 0. The van der Waals surface area contributed by atoms with E-state index in [0.29, 0.717) is 0 Å². The number of aromatic nitrogens is 1. The molecule has 13 heavy (non-hydrogen) atoms. The van der Waals surface area contributed by atoms with Gasteiger partial charge < -0.3 is 9.15 Å². The second-order valence-electron chi connectivity index (χ2n) is 3.22. The van der Waals surface area contributed by atoms with E-state index in [2.05, 4.69) is 4.98 Å². The largest absolute Gasteiger partial charge is 0.493 e. The Kier molecular flexibility index (Phi) is 1.20. The minimum Gasteiger partial charge on any atom is -0.493 e. The second-order valence-corrected chi connectivity index (χ2v) is 3.22. The van der Waals surface area contributed by atoms with Crippen molar-refractivity contribution in [3.8, 4) is 5.75 Å². The van der Waals surface area contributed by atoms with E-state index in [9.17, 15) is 0 Å². The van der Waals surface area contributed by atoms with Gasteiger partial charge in [0.15, 0.2) is 11.5 Å². The summed E-state index contributed by atoms with van der Waals surface area (Å²) in [6.45, 7) is 2.62. The summed E-state index contributed by atoms with van der Waals surface area (Å²) in [5.41, 5.74) is 2.99. The summed E-state index contributed by atoms with van der Waals surface area (Å²) in [6.07, 6.45) is 0.932. The van der Waals surface area contributed by atoms with Crippen molar-refractivity contribution in [3.05, 3.63) is 23.6 Å². The first-order chi connectivity index (χ1) is 6.34. The van der Waals surface area contributed by atoms with Crippen molar-refractivity contribution < 1.29 is 9.15 Å². The van der Waals surface area contributed by atoms with Crippen molar-refractivity contribution in [2.75, 3.05) is 6.61 Å². The molecule has 66 valence electrons. The number of benzene rings is 1. The van der Waals surface area contributed by atoms with E-state index in [0.717, 1.165) is 41.3 Å². The fraction of sp³-hybridized carbons (Fsp3) is 0.300. The van der Waals surface area contributed by atoms with Gasteiger partial charge in [-0.1, -0.05) is 0 Å². The number of fused-ring (bicyclic) bond motifs is 3. The van der Waals surface area contributed by atoms with Crippen LogP contribution in [-0.2, 0) is 6.42 Å². The predicted molar refractivity (Wildman–Crippen MR) is 47.9 cm³/mol. The Bertz CT molecular complexity index is 473. The third kappa shape index (κ3) is 0.869. The van der Waals surface area contributed by atoms with Crippen molar-refractivity contribution in [2.45, 2.75) is 13.3 Å². The molecule has 3 rings (SSSR count). The van der Waals surface area contributed by atoms with Crippen LogP contribution in [0.25, 0.3) is 11.1 Å². The SMILES string of the molecule is Cc1nc2ccc3c(c2o1)CCO3. The Morgan fingerprint density at radius 3 is 3.23 bits per heavy atom. The predicted octanol–water partition coefficient (Wildman–Crippen LogP) is 2.07. The normalized spacial score (nSPS) is 14.5. The van der Waals surface area contributed by atoms with Gasteiger partial charge in [0.25, 0.3) is 0 Å². The van der Waals surface area contributed by atoms with Crippen molar-refractivity contribution in [3.63, 3.8) is 0 Å². The van der Waals surface area contributed by atoms with Crippen molar-refractivity contribution >= 4 is 11.1 Å². The zero-order valence-corrected chi connectivity index (χ0v) is 7.33. The highest BCUT2D eigenvalue weighted by Gasteiger charge is 2.18. The smallest absolute Gasteiger partial charge is 0.192 e. The molecule has 0 spiro atoms. The number of nitrogens with zero attached hydrogens (tertiary/aromatic N) is 1. The van der Waals surface area contributed by atoms with E-state index in [4.69, 9.17) is 9.15 Å². The van der Waals surface area contributed by atoms with Crippen LogP contribution < -0.4 is 4.74 Å². The molecule has 2 aromatic rings. The summed E-state index contributed by atoms with van der Waals surface area (Å²) in [7, 11) is 0. The van der Waals surface area contributed by atoms with E-state index in [1.807, 2.05) is 19.1 Å². The molecule has 0 atom stereocenters. The topological polar surface area (TPSA) is 35.3 Å². The molecule has 1 aromatic heterocycles. The molecular weight excluding hydrogens is 166 g/mol. The lowest BCUT2D eigenvalue weighted by Crippen LogP contribution is -1.85. The fourth-order valence-electron chi connectivity index (χ4n) is 1.77. The minimum absolute atomic E-state index is 0.718. The Morgan fingerprint density at radius 1 is 1.38 bits per heavy atom. The Labute approximate surface area is 75.3 Å². The van der Waals surface area contributed by atoms with Gasteiger partial charge in [0.2, 0.25) is 0 Å². The number of oxazole rings is 1. The van der Waals surface area contributed by atoms with Crippen LogP contribution in [0.2, 0.25) is 0 Å². The highest BCUT2D eigenvalue weighted by atomic mass is 16.5. The summed E-state index contributed by atoms with van der Waals surface area (Å²) < 4.78 is 10.9. The molecule has 0 saturated carbocycles. The molecule has 1 aliphatic rings. The van der Waals surface area contributed by atoms with E-state index in [-0.39, 0.29) is 0 Å². The first kappa shape index (κ1) is 6.95. The van der Waals surface area contributed by atoms with Crippen molar-refractivity contribution in [1.82, 2.24) is 4.98 Å². The quantitative estimate of drug-likeness (QED) is 0.614. The molecule has 0 fully saturated rings. The van der Waals surface area contributed by atoms with Crippen LogP contribution in [-0.4, -0.2) is 11.6 Å². The van der Waals surface area contributed by atoms with Gasteiger partial charge in [-0.15, -0.1) is 0 Å². The van der Waals surface area contributed by atoms with Gasteiger partial charge in [-0.2, -0.15) is 0 Å². The van der Waals surface area contributed by atoms with E-state index in [1.54, 1.807) is 0 Å².